The van der Waals surface area contributed by atoms with E-state index < -0.39 is 0 Å². The molecule has 94 valence electrons. The summed E-state index contributed by atoms with van der Waals surface area (Å²) in [7, 11) is 0. The number of nitrogens with one attached hydrogen (secondary N) is 1. The van der Waals surface area contributed by atoms with Crippen LogP contribution in [0.3, 0.4) is 0 Å². The Morgan fingerprint density at radius 1 is 1.32 bits per heavy atom. The first-order valence-electron chi connectivity index (χ1n) is 5.54. The fourth-order valence-electron chi connectivity index (χ4n) is 1.92. The van der Waals surface area contributed by atoms with E-state index in [-0.39, 0.29) is 11.6 Å². The Kier molecular flexibility index (Phi) is 2.79. The van der Waals surface area contributed by atoms with Gasteiger partial charge in [0.1, 0.15) is 11.5 Å². The lowest BCUT2D eigenvalue weighted by atomic mass is 10.0. The van der Waals surface area contributed by atoms with Gasteiger partial charge in [0.05, 0.1) is 5.56 Å². The number of rotatable bonds is 2. The van der Waals surface area contributed by atoms with E-state index in [0.717, 1.165) is 9.86 Å². The van der Waals surface area contributed by atoms with Crippen LogP contribution in [0.2, 0.25) is 0 Å². The lowest BCUT2D eigenvalue weighted by molar-refractivity contribution is 0.104. The van der Waals surface area contributed by atoms with Gasteiger partial charge in [-0.1, -0.05) is 0 Å². The summed E-state index contributed by atoms with van der Waals surface area (Å²) in [4.78, 5) is 23.6. The quantitative estimate of drug-likeness (QED) is 0.711. The molecule has 6 heteroatoms. The summed E-state index contributed by atoms with van der Waals surface area (Å²) < 4.78 is 0.813. The number of fused-ring (bicyclic) bond motifs is 1. The van der Waals surface area contributed by atoms with Gasteiger partial charge in [0, 0.05) is 34.0 Å². The number of nitrogen functional groups attached to an aromatic ring is 1. The van der Waals surface area contributed by atoms with Crippen molar-refractivity contribution in [1.82, 2.24) is 15.0 Å². The molecule has 0 aliphatic heterocycles. The SMILES string of the molecule is Nc1ncccc1C(=O)c1c[nH]c2ncc(Br)cc12. The molecule has 0 unspecified atom stereocenters. The fourth-order valence-corrected chi connectivity index (χ4v) is 2.25. The molecule has 0 aliphatic carbocycles. The molecule has 19 heavy (non-hydrogen) atoms. The number of ketones is 1. The molecular formula is C13H9BrN4O. The number of aromatic nitrogens is 3. The van der Waals surface area contributed by atoms with E-state index in [0.29, 0.717) is 16.8 Å². The van der Waals surface area contributed by atoms with Gasteiger partial charge in [0.25, 0.3) is 0 Å². The summed E-state index contributed by atoms with van der Waals surface area (Å²) in [6.07, 6.45) is 4.86. The molecule has 0 aromatic carbocycles. The highest BCUT2D eigenvalue weighted by molar-refractivity contribution is 9.10. The first kappa shape index (κ1) is 11.9. The first-order chi connectivity index (χ1) is 9.16. The van der Waals surface area contributed by atoms with Gasteiger partial charge in [-0.05, 0) is 34.1 Å². The maximum absolute atomic E-state index is 12.5. The number of hydrogen-bond acceptors (Lipinski definition) is 4. The monoisotopic (exact) mass is 316 g/mol. The van der Waals surface area contributed by atoms with E-state index in [1.165, 1.54) is 0 Å². The van der Waals surface area contributed by atoms with Gasteiger partial charge >= 0.3 is 0 Å². The van der Waals surface area contributed by atoms with E-state index in [1.807, 2.05) is 6.07 Å². The number of carbonyl (C=O) groups excluding carboxylic acids is 1. The molecule has 0 radical (unpaired) electrons. The Morgan fingerprint density at radius 2 is 2.16 bits per heavy atom. The second-order valence-corrected chi connectivity index (χ2v) is 4.93. The van der Waals surface area contributed by atoms with Gasteiger partial charge in [0.2, 0.25) is 0 Å². The Bertz CT molecular complexity index is 781. The highest BCUT2D eigenvalue weighted by atomic mass is 79.9. The topological polar surface area (TPSA) is 84.7 Å². The van der Waals surface area contributed by atoms with Crippen LogP contribution in [0, 0.1) is 0 Å². The molecule has 3 aromatic heterocycles. The van der Waals surface area contributed by atoms with Crippen molar-refractivity contribution in [3.05, 3.63) is 52.4 Å². The summed E-state index contributed by atoms with van der Waals surface area (Å²) in [5, 5.41) is 0.752. The minimum Gasteiger partial charge on any atom is -0.383 e. The smallest absolute Gasteiger partial charge is 0.198 e. The summed E-state index contributed by atoms with van der Waals surface area (Å²) in [6.45, 7) is 0. The molecule has 3 heterocycles. The molecule has 0 fully saturated rings. The predicted octanol–water partition coefficient (Wildman–Crippen LogP) is 2.53. The van der Waals surface area contributed by atoms with E-state index in [9.17, 15) is 4.79 Å². The largest absolute Gasteiger partial charge is 0.383 e. The summed E-state index contributed by atoms with van der Waals surface area (Å²) in [6, 6.07) is 5.19. The third kappa shape index (κ3) is 2.00. The lowest BCUT2D eigenvalue weighted by Crippen LogP contribution is -2.06. The van der Waals surface area contributed by atoms with Crippen LogP contribution in [0.5, 0.6) is 0 Å². The third-order valence-corrected chi connectivity index (χ3v) is 3.26. The summed E-state index contributed by atoms with van der Waals surface area (Å²) >= 11 is 3.35. The number of hydrogen-bond donors (Lipinski definition) is 2. The highest BCUT2D eigenvalue weighted by Crippen LogP contribution is 2.24. The van der Waals surface area contributed by atoms with Crippen molar-refractivity contribution in [3.8, 4) is 0 Å². The molecular weight excluding hydrogens is 308 g/mol. The Hall–Kier alpha value is -2.21. The number of anilines is 1. The number of halogens is 1. The van der Waals surface area contributed by atoms with Crippen LogP contribution in [-0.4, -0.2) is 20.7 Å². The predicted molar refractivity (Wildman–Crippen MR) is 75.9 cm³/mol. The van der Waals surface area contributed by atoms with Gasteiger partial charge in [-0.15, -0.1) is 0 Å². The van der Waals surface area contributed by atoms with Crippen molar-refractivity contribution in [3.63, 3.8) is 0 Å². The highest BCUT2D eigenvalue weighted by Gasteiger charge is 2.17. The van der Waals surface area contributed by atoms with Gasteiger partial charge in [-0.3, -0.25) is 4.79 Å². The lowest BCUT2D eigenvalue weighted by Gasteiger charge is -2.02. The second-order valence-electron chi connectivity index (χ2n) is 4.02. The van der Waals surface area contributed by atoms with Gasteiger partial charge in [0.15, 0.2) is 5.78 Å². The van der Waals surface area contributed by atoms with E-state index in [1.54, 1.807) is 30.7 Å². The number of nitrogens with zero attached hydrogens (tertiary/aromatic N) is 2. The maximum atomic E-state index is 12.5. The number of nitrogens with two attached hydrogens (primary N) is 1. The molecule has 5 nitrogen and oxygen atoms in total. The molecule has 0 aliphatic rings. The molecule has 0 bridgehead atoms. The number of pyridine rings is 2. The van der Waals surface area contributed by atoms with Crippen LogP contribution in [0.15, 0.2) is 41.3 Å². The van der Waals surface area contributed by atoms with E-state index >= 15 is 0 Å². The third-order valence-electron chi connectivity index (χ3n) is 2.83. The van der Waals surface area contributed by atoms with Crippen molar-refractivity contribution in [2.45, 2.75) is 0 Å². The van der Waals surface area contributed by atoms with Crippen LogP contribution >= 0.6 is 15.9 Å². The zero-order chi connectivity index (χ0) is 13.4. The van der Waals surface area contributed by atoms with Crippen molar-refractivity contribution in [2.24, 2.45) is 0 Å². The van der Waals surface area contributed by atoms with Crippen molar-refractivity contribution in [1.29, 1.82) is 0 Å². The normalized spacial score (nSPS) is 10.8. The van der Waals surface area contributed by atoms with E-state index in [2.05, 4.69) is 30.9 Å². The molecule has 3 aromatic rings. The average Bonchev–Trinajstić information content (AvgIpc) is 2.81. The van der Waals surface area contributed by atoms with Gasteiger partial charge in [-0.2, -0.15) is 0 Å². The Balaban J connectivity index is 2.17. The van der Waals surface area contributed by atoms with Crippen molar-refractivity contribution < 1.29 is 4.79 Å². The van der Waals surface area contributed by atoms with Gasteiger partial charge < -0.3 is 10.7 Å². The van der Waals surface area contributed by atoms with Crippen LogP contribution in [0.1, 0.15) is 15.9 Å². The second kappa shape index (κ2) is 4.47. The molecule has 3 rings (SSSR count). The average molecular weight is 317 g/mol. The molecule has 0 spiro atoms. The molecule has 0 saturated carbocycles. The van der Waals surface area contributed by atoms with Crippen LogP contribution < -0.4 is 5.73 Å². The minimum absolute atomic E-state index is 0.170. The Labute approximate surface area is 117 Å². The zero-order valence-electron chi connectivity index (χ0n) is 9.72. The molecule has 0 saturated heterocycles. The fraction of sp³-hybridized carbons (Fsp3) is 0. The summed E-state index contributed by atoms with van der Waals surface area (Å²) in [5.74, 6) is 0.0570. The van der Waals surface area contributed by atoms with Crippen LogP contribution in [0.4, 0.5) is 5.82 Å². The zero-order valence-corrected chi connectivity index (χ0v) is 11.3. The molecule has 3 N–H and O–H groups in total. The number of H-pyrrole nitrogens is 1. The van der Waals surface area contributed by atoms with E-state index in [4.69, 9.17) is 5.73 Å². The maximum Gasteiger partial charge on any atom is 0.198 e. The van der Waals surface area contributed by atoms with Crippen LogP contribution in [-0.2, 0) is 0 Å². The molecule has 0 atom stereocenters. The molecule has 0 amide bonds. The summed E-state index contributed by atoms with van der Waals surface area (Å²) in [5.41, 5.74) is 7.32. The number of carbonyl (C=O) groups is 1. The standard InChI is InChI=1S/C13H9BrN4O/c14-7-4-9-10(6-18-13(9)17-5-7)11(19)8-2-1-3-16-12(8)15/h1-6H,(H2,15,16)(H,17,18). The minimum atomic E-state index is -0.170. The van der Waals surface area contributed by atoms with Crippen LogP contribution in [0.25, 0.3) is 11.0 Å². The van der Waals surface area contributed by atoms with Gasteiger partial charge in [-0.25, -0.2) is 9.97 Å². The van der Waals surface area contributed by atoms with Crippen molar-refractivity contribution in [2.75, 3.05) is 5.73 Å². The number of aromatic amines is 1. The Morgan fingerprint density at radius 3 is 2.95 bits per heavy atom. The first-order valence-corrected chi connectivity index (χ1v) is 6.34. The van der Waals surface area contributed by atoms with Crippen molar-refractivity contribution >= 4 is 38.6 Å².